The molecule has 7 nitrogen and oxygen atoms in total. The van der Waals surface area contributed by atoms with Gasteiger partial charge in [-0.15, -0.1) is 0 Å². The van der Waals surface area contributed by atoms with Gasteiger partial charge in [0.25, 0.3) is 0 Å². The molecule has 0 radical (unpaired) electrons. The number of hydrogen-bond donors (Lipinski definition) is 3. The van der Waals surface area contributed by atoms with Crippen LogP contribution >= 0.6 is 11.5 Å². The molecule has 0 aromatic carbocycles. The van der Waals surface area contributed by atoms with Gasteiger partial charge < -0.3 is 20.8 Å². The van der Waals surface area contributed by atoms with Gasteiger partial charge in [0.2, 0.25) is 0 Å². The Labute approximate surface area is 114 Å². The summed E-state index contributed by atoms with van der Waals surface area (Å²) in [4.78, 5) is 1.71. The molecule has 19 heavy (non-hydrogen) atoms. The molecule has 2 heterocycles. The van der Waals surface area contributed by atoms with Crippen LogP contribution < -0.4 is 10.6 Å². The molecule has 1 aliphatic carbocycles. The Balaban J connectivity index is 2.00. The van der Waals surface area contributed by atoms with Crippen molar-refractivity contribution < 1.29 is 18.6 Å². The van der Waals surface area contributed by atoms with Crippen LogP contribution in [0.25, 0.3) is 0 Å². The lowest BCUT2D eigenvalue weighted by atomic mass is 10.3. The third-order valence-corrected chi connectivity index (χ3v) is 6.82. The molecule has 3 rings (SSSR count). The fourth-order valence-electron chi connectivity index (χ4n) is 2.23. The lowest BCUT2D eigenvalue weighted by Gasteiger charge is -2.16. The SMILES string of the molecule is Nc1nsc(N2CC(O)C(O)C2)c1S(=O)(=O)C1CC1. The van der Waals surface area contributed by atoms with E-state index in [1.54, 1.807) is 4.90 Å². The van der Waals surface area contributed by atoms with Gasteiger partial charge in [-0.1, -0.05) is 0 Å². The molecule has 2 atom stereocenters. The largest absolute Gasteiger partial charge is 0.389 e. The third kappa shape index (κ3) is 2.10. The second-order valence-electron chi connectivity index (χ2n) is 4.99. The van der Waals surface area contributed by atoms with Crippen LogP contribution in [0, 0.1) is 0 Å². The van der Waals surface area contributed by atoms with Crippen molar-refractivity contribution in [2.45, 2.75) is 35.2 Å². The molecule has 1 saturated carbocycles. The summed E-state index contributed by atoms with van der Waals surface area (Å²) in [5, 5.41) is 19.2. The lowest BCUT2D eigenvalue weighted by Crippen LogP contribution is -2.23. The maximum atomic E-state index is 12.4. The van der Waals surface area contributed by atoms with E-state index >= 15 is 0 Å². The zero-order chi connectivity index (χ0) is 13.8. The van der Waals surface area contributed by atoms with E-state index < -0.39 is 22.0 Å². The lowest BCUT2D eigenvalue weighted by molar-refractivity contribution is 0.0572. The van der Waals surface area contributed by atoms with Crippen molar-refractivity contribution >= 4 is 32.2 Å². The summed E-state index contributed by atoms with van der Waals surface area (Å²) in [6, 6.07) is 0. The van der Waals surface area contributed by atoms with Crippen LogP contribution in [0.5, 0.6) is 0 Å². The smallest absolute Gasteiger partial charge is 0.187 e. The summed E-state index contributed by atoms with van der Waals surface area (Å²) in [7, 11) is -3.44. The molecule has 9 heteroatoms. The zero-order valence-corrected chi connectivity index (χ0v) is 11.7. The molecule has 2 aliphatic rings. The van der Waals surface area contributed by atoms with E-state index in [0.29, 0.717) is 17.8 Å². The minimum Gasteiger partial charge on any atom is -0.389 e. The van der Waals surface area contributed by atoms with Gasteiger partial charge in [0.05, 0.1) is 17.5 Å². The summed E-state index contributed by atoms with van der Waals surface area (Å²) in [5.74, 6) is 0.0165. The van der Waals surface area contributed by atoms with Crippen LogP contribution in [-0.2, 0) is 9.84 Å². The fraction of sp³-hybridized carbons (Fsp3) is 0.700. The molecule has 1 aromatic rings. The van der Waals surface area contributed by atoms with E-state index in [4.69, 9.17) is 5.73 Å². The second kappa shape index (κ2) is 4.30. The van der Waals surface area contributed by atoms with Crippen molar-refractivity contribution in [3.63, 3.8) is 0 Å². The van der Waals surface area contributed by atoms with Crippen molar-refractivity contribution in [2.24, 2.45) is 0 Å². The minimum atomic E-state index is -3.44. The molecular formula is C10H15N3O4S2. The van der Waals surface area contributed by atoms with E-state index in [9.17, 15) is 18.6 Å². The predicted octanol–water partition coefficient (Wildman–Crippen LogP) is -0.797. The molecule has 2 fully saturated rings. The number of anilines is 2. The highest BCUT2D eigenvalue weighted by molar-refractivity contribution is 7.92. The molecule has 0 bridgehead atoms. The van der Waals surface area contributed by atoms with E-state index in [1.807, 2.05) is 0 Å². The molecule has 4 N–H and O–H groups in total. The number of nitrogen functional groups attached to an aromatic ring is 1. The summed E-state index contributed by atoms with van der Waals surface area (Å²) in [5.41, 5.74) is 5.70. The summed E-state index contributed by atoms with van der Waals surface area (Å²) < 4.78 is 28.6. The van der Waals surface area contributed by atoms with Crippen LogP contribution in [0.3, 0.4) is 0 Å². The number of nitrogens with two attached hydrogens (primary N) is 1. The maximum Gasteiger partial charge on any atom is 0.187 e. The first-order valence-corrected chi connectivity index (χ1v) is 8.33. The fourth-order valence-corrected chi connectivity index (χ4v) is 5.28. The van der Waals surface area contributed by atoms with Gasteiger partial charge in [0.1, 0.15) is 9.90 Å². The first-order chi connectivity index (χ1) is 8.91. The molecule has 0 amide bonds. The Morgan fingerprint density at radius 2 is 1.84 bits per heavy atom. The highest BCUT2D eigenvalue weighted by atomic mass is 32.2. The standard InChI is InChI=1S/C10H15N3O4S2/c11-9-8(19(16,17)5-1-2-5)10(18-12-9)13-3-6(14)7(15)4-13/h5-7,14-15H,1-4H2,(H2,11,12). The van der Waals surface area contributed by atoms with Crippen molar-refractivity contribution in [3.8, 4) is 0 Å². The molecule has 2 unspecified atom stereocenters. The normalized spacial score (nSPS) is 28.0. The van der Waals surface area contributed by atoms with E-state index in [0.717, 1.165) is 11.5 Å². The summed E-state index contributed by atoms with van der Waals surface area (Å²) >= 11 is 0.999. The van der Waals surface area contributed by atoms with Gasteiger partial charge in [-0.2, -0.15) is 4.37 Å². The van der Waals surface area contributed by atoms with Crippen LogP contribution in [0.1, 0.15) is 12.8 Å². The van der Waals surface area contributed by atoms with Crippen molar-refractivity contribution in [1.82, 2.24) is 4.37 Å². The quantitative estimate of drug-likeness (QED) is 0.669. The zero-order valence-electron chi connectivity index (χ0n) is 10.1. The first-order valence-electron chi connectivity index (χ1n) is 6.01. The molecule has 0 spiro atoms. The highest BCUT2D eigenvalue weighted by Crippen LogP contribution is 2.43. The number of aromatic nitrogens is 1. The Morgan fingerprint density at radius 1 is 1.26 bits per heavy atom. The van der Waals surface area contributed by atoms with Gasteiger partial charge >= 0.3 is 0 Å². The Kier molecular flexibility index (Phi) is 2.97. The first kappa shape index (κ1) is 13.1. The van der Waals surface area contributed by atoms with Gasteiger partial charge in [-0.3, -0.25) is 0 Å². The predicted molar refractivity (Wildman–Crippen MR) is 71.0 cm³/mol. The second-order valence-corrected chi connectivity index (χ2v) is 7.90. The Hall–Kier alpha value is -0.900. The Morgan fingerprint density at radius 3 is 2.37 bits per heavy atom. The van der Waals surface area contributed by atoms with Crippen molar-refractivity contribution in [3.05, 3.63) is 0 Å². The third-order valence-electron chi connectivity index (χ3n) is 3.45. The number of aliphatic hydroxyl groups excluding tert-OH is 2. The van der Waals surface area contributed by atoms with E-state index in [1.165, 1.54) is 0 Å². The summed E-state index contributed by atoms with van der Waals surface area (Å²) in [6.45, 7) is 0.381. The number of nitrogens with zero attached hydrogens (tertiary/aromatic N) is 2. The van der Waals surface area contributed by atoms with Crippen molar-refractivity contribution in [2.75, 3.05) is 23.7 Å². The molecule has 1 saturated heterocycles. The molecule has 1 aliphatic heterocycles. The molecule has 1 aromatic heterocycles. The summed E-state index contributed by atoms with van der Waals surface area (Å²) in [6.07, 6.45) is -0.440. The average molecular weight is 305 g/mol. The van der Waals surface area contributed by atoms with Crippen LogP contribution in [0.4, 0.5) is 10.8 Å². The van der Waals surface area contributed by atoms with Gasteiger partial charge in [-0.25, -0.2) is 8.42 Å². The number of β-amino-alcohol motifs (C(OH)–C–C–N with tert-alkyl or cyclic N) is 2. The van der Waals surface area contributed by atoms with Gasteiger partial charge in [0.15, 0.2) is 15.7 Å². The van der Waals surface area contributed by atoms with Gasteiger partial charge in [-0.05, 0) is 24.4 Å². The van der Waals surface area contributed by atoms with E-state index in [-0.39, 0.29) is 29.1 Å². The van der Waals surface area contributed by atoms with E-state index in [2.05, 4.69) is 4.37 Å². The Bertz CT molecular complexity index is 586. The number of aliphatic hydroxyl groups is 2. The van der Waals surface area contributed by atoms with Crippen LogP contribution in [-0.4, -0.2) is 53.6 Å². The minimum absolute atomic E-state index is 0.0165. The van der Waals surface area contributed by atoms with Crippen LogP contribution in [0.2, 0.25) is 0 Å². The van der Waals surface area contributed by atoms with Crippen LogP contribution in [0.15, 0.2) is 4.90 Å². The highest BCUT2D eigenvalue weighted by Gasteiger charge is 2.43. The topological polar surface area (TPSA) is 117 Å². The monoisotopic (exact) mass is 305 g/mol. The maximum absolute atomic E-state index is 12.4. The van der Waals surface area contributed by atoms with Crippen molar-refractivity contribution in [1.29, 1.82) is 0 Å². The number of rotatable bonds is 3. The molecule has 106 valence electrons. The average Bonchev–Trinajstić information content (AvgIpc) is 3.05. The van der Waals surface area contributed by atoms with Gasteiger partial charge in [0, 0.05) is 13.1 Å². The number of sulfone groups is 1. The molecular weight excluding hydrogens is 290 g/mol. The number of hydrogen-bond acceptors (Lipinski definition) is 8.